The zero-order valence-electron chi connectivity index (χ0n) is 17.4. The Labute approximate surface area is 193 Å². The number of furan rings is 1. The number of rotatable bonds is 6. The van der Waals surface area contributed by atoms with Gasteiger partial charge in [0.05, 0.1) is 30.5 Å². The van der Waals surface area contributed by atoms with E-state index in [1.165, 1.54) is 18.3 Å². The summed E-state index contributed by atoms with van der Waals surface area (Å²) in [4.78, 5) is 27.4. The number of hydrogen-bond acceptors (Lipinski definition) is 6. The van der Waals surface area contributed by atoms with E-state index in [1.807, 2.05) is 12.1 Å². The molecule has 4 rings (SSSR count). The van der Waals surface area contributed by atoms with Crippen molar-refractivity contribution >= 4 is 33.4 Å². The second-order valence-corrected chi connectivity index (χ2v) is 7.99. The van der Waals surface area contributed by atoms with Crippen molar-refractivity contribution in [1.82, 2.24) is 4.90 Å². The summed E-state index contributed by atoms with van der Waals surface area (Å²) in [6, 6.07) is 14.6. The molecule has 1 N–H and O–H groups in total. The average Bonchev–Trinajstić information content (AvgIpc) is 3.42. The van der Waals surface area contributed by atoms with Crippen molar-refractivity contribution in [2.45, 2.75) is 12.6 Å². The van der Waals surface area contributed by atoms with Crippen LogP contribution in [0.25, 0.3) is 5.76 Å². The number of carbonyl (C=O) groups excluding carboxylic acids is 2. The van der Waals surface area contributed by atoms with Gasteiger partial charge < -0.3 is 23.9 Å². The smallest absolute Gasteiger partial charge is 0.296 e. The molecule has 0 aliphatic carbocycles. The number of ketones is 1. The first kappa shape index (κ1) is 21.7. The number of benzene rings is 2. The molecule has 0 spiro atoms. The van der Waals surface area contributed by atoms with Gasteiger partial charge in [0.25, 0.3) is 11.7 Å². The molecule has 32 heavy (non-hydrogen) atoms. The molecular weight excluding hydrogens is 478 g/mol. The summed E-state index contributed by atoms with van der Waals surface area (Å²) in [5, 5.41) is 11.1. The Morgan fingerprint density at radius 1 is 1.09 bits per heavy atom. The molecule has 1 unspecified atom stereocenters. The van der Waals surface area contributed by atoms with Gasteiger partial charge in [0, 0.05) is 12.1 Å². The lowest BCUT2D eigenvalue weighted by atomic mass is 9.99. The predicted octanol–water partition coefficient (Wildman–Crippen LogP) is 4.68. The number of ether oxygens (including phenoxy) is 2. The lowest BCUT2D eigenvalue weighted by Gasteiger charge is -2.23. The van der Waals surface area contributed by atoms with Crippen LogP contribution in [-0.4, -0.2) is 35.9 Å². The Bertz CT molecular complexity index is 1180. The summed E-state index contributed by atoms with van der Waals surface area (Å²) in [7, 11) is 3.10. The molecule has 0 bridgehead atoms. The van der Waals surface area contributed by atoms with E-state index in [0.29, 0.717) is 27.3 Å². The van der Waals surface area contributed by atoms with Gasteiger partial charge in [0.1, 0.15) is 29.1 Å². The van der Waals surface area contributed by atoms with Crippen molar-refractivity contribution in [3.8, 4) is 11.5 Å². The van der Waals surface area contributed by atoms with E-state index in [4.69, 9.17) is 13.9 Å². The first-order valence-electron chi connectivity index (χ1n) is 9.73. The molecule has 1 fully saturated rings. The number of carbonyl (C=O) groups is 2. The van der Waals surface area contributed by atoms with Crippen molar-refractivity contribution in [1.29, 1.82) is 0 Å². The standard InChI is InChI=1S/C24H20BrNO6/c1-30-16-8-5-14(6-9-16)13-26-21(19-4-3-11-32-19)20(23(28)24(26)29)22(27)15-7-10-18(31-2)17(25)12-15/h3-12,21,27H,13H2,1-2H3/b22-20-. The van der Waals surface area contributed by atoms with Crippen LogP contribution in [0.15, 0.2) is 75.3 Å². The molecule has 1 aromatic heterocycles. The number of Topliss-reactive ketones (excluding diaryl/α,β-unsaturated/α-hetero) is 1. The quantitative estimate of drug-likeness (QED) is 0.302. The zero-order chi connectivity index (χ0) is 22.8. The van der Waals surface area contributed by atoms with Gasteiger partial charge in [-0.05, 0) is 64.0 Å². The SMILES string of the molecule is COc1ccc(CN2C(=O)C(=O)/C(=C(\O)c3ccc(OC)c(Br)c3)C2c2ccco2)cc1. The molecule has 1 saturated heterocycles. The van der Waals surface area contributed by atoms with E-state index in [-0.39, 0.29) is 17.9 Å². The van der Waals surface area contributed by atoms with Crippen LogP contribution in [0.5, 0.6) is 11.5 Å². The Morgan fingerprint density at radius 3 is 2.44 bits per heavy atom. The number of hydrogen-bond donors (Lipinski definition) is 1. The molecule has 1 aliphatic rings. The number of likely N-dealkylation sites (tertiary alicyclic amines) is 1. The van der Waals surface area contributed by atoms with E-state index in [2.05, 4.69) is 15.9 Å². The predicted molar refractivity (Wildman–Crippen MR) is 120 cm³/mol. The molecule has 1 atom stereocenters. The largest absolute Gasteiger partial charge is 0.507 e. The highest BCUT2D eigenvalue weighted by molar-refractivity contribution is 9.10. The molecule has 2 heterocycles. The maximum atomic E-state index is 13.0. The lowest BCUT2D eigenvalue weighted by molar-refractivity contribution is -0.140. The van der Waals surface area contributed by atoms with Crippen molar-refractivity contribution < 1.29 is 28.6 Å². The maximum absolute atomic E-state index is 13.0. The topological polar surface area (TPSA) is 89.2 Å². The number of aliphatic hydroxyl groups is 1. The van der Waals surface area contributed by atoms with Gasteiger partial charge in [0.15, 0.2) is 0 Å². The van der Waals surface area contributed by atoms with Gasteiger partial charge in [-0.1, -0.05) is 12.1 Å². The van der Waals surface area contributed by atoms with E-state index < -0.39 is 17.7 Å². The van der Waals surface area contributed by atoms with Crippen LogP contribution in [0.3, 0.4) is 0 Å². The molecule has 3 aromatic rings. The zero-order valence-corrected chi connectivity index (χ0v) is 19.0. The second kappa shape index (κ2) is 8.92. The molecule has 7 nitrogen and oxygen atoms in total. The van der Waals surface area contributed by atoms with E-state index >= 15 is 0 Å². The van der Waals surface area contributed by atoms with E-state index in [0.717, 1.165) is 5.56 Å². The molecule has 1 aliphatic heterocycles. The summed E-state index contributed by atoms with van der Waals surface area (Å²) < 4.78 is 16.6. The minimum Gasteiger partial charge on any atom is -0.507 e. The third-order valence-corrected chi connectivity index (χ3v) is 5.91. The molecule has 0 radical (unpaired) electrons. The lowest BCUT2D eigenvalue weighted by Crippen LogP contribution is -2.29. The second-order valence-electron chi connectivity index (χ2n) is 7.14. The normalized spacial score (nSPS) is 17.6. The highest BCUT2D eigenvalue weighted by Gasteiger charge is 2.47. The minimum atomic E-state index is -0.868. The van der Waals surface area contributed by atoms with Gasteiger partial charge in [-0.3, -0.25) is 9.59 Å². The van der Waals surface area contributed by atoms with Crippen molar-refractivity contribution in [2.75, 3.05) is 14.2 Å². The molecule has 8 heteroatoms. The Morgan fingerprint density at radius 2 is 1.84 bits per heavy atom. The monoisotopic (exact) mass is 497 g/mol. The fraction of sp³-hybridized carbons (Fsp3) is 0.167. The summed E-state index contributed by atoms with van der Waals surface area (Å²) in [6.07, 6.45) is 1.47. The van der Waals surface area contributed by atoms with Gasteiger partial charge in [-0.15, -0.1) is 0 Å². The van der Waals surface area contributed by atoms with Crippen molar-refractivity contribution in [2.24, 2.45) is 0 Å². The molecule has 1 amide bonds. The van der Waals surface area contributed by atoms with Gasteiger partial charge in [-0.2, -0.15) is 0 Å². The molecule has 0 saturated carbocycles. The van der Waals surface area contributed by atoms with Crippen LogP contribution in [0, 0.1) is 0 Å². The van der Waals surface area contributed by atoms with Crippen LogP contribution in [0.4, 0.5) is 0 Å². The summed E-state index contributed by atoms with van der Waals surface area (Å²) in [6.45, 7) is 0.156. The third kappa shape index (κ3) is 3.89. The first-order chi connectivity index (χ1) is 15.4. The Hall–Kier alpha value is -3.52. The first-order valence-corrected chi connectivity index (χ1v) is 10.5. The van der Waals surface area contributed by atoms with Crippen LogP contribution in [0.1, 0.15) is 22.9 Å². The van der Waals surface area contributed by atoms with Gasteiger partial charge >= 0.3 is 0 Å². The van der Waals surface area contributed by atoms with Crippen LogP contribution >= 0.6 is 15.9 Å². The highest BCUT2D eigenvalue weighted by Crippen LogP contribution is 2.41. The van der Waals surface area contributed by atoms with E-state index in [1.54, 1.807) is 49.6 Å². The van der Waals surface area contributed by atoms with Gasteiger partial charge in [-0.25, -0.2) is 0 Å². The van der Waals surface area contributed by atoms with Crippen LogP contribution < -0.4 is 9.47 Å². The summed E-state index contributed by atoms with van der Waals surface area (Å²) in [5.41, 5.74) is 1.14. The fourth-order valence-electron chi connectivity index (χ4n) is 3.68. The molecule has 2 aromatic carbocycles. The Kier molecular flexibility index (Phi) is 6.05. The Balaban J connectivity index is 1.79. The van der Waals surface area contributed by atoms with Gasteiger partial charge in [0.2, 0.25) is 0 Å². The summed E-state index contributed by atoms with van der Waals surface area (Å²) in [5.74, 6) is -0.134. The maximum Gasteiger partial charge on any atom is 0.296 e. The van der Waals surface area contributed by atoms with Crippen molar-refractivity contribution in [3.63, 3.8) is 0 Å². The third-order valence-electron chi connectivity index (χ3n) is 5.29. The van der Waals surface area contributed by atoms with Crippen LogP contribution in [0.2, 0.25) is 0 Å². The number of amides is 1. The average molecular weight is 498 g/mol. The van der Waals surface area contributed by atoms with Crippen molar-refractivity contribution in [3.05, 3.63) is 87.8 Å². The highest BCUT2D eigenvalue weighted by atomic mass is 79.9. The number of methoxy groups -OCH3 is 2. The molecular formula is C24H20BrNO6. The van der Waals surface area contributed by atoms with Crippen LogP contribution in [-0.2, 0) is 16.1 Å². The number of halogens is 1. The summed E-state index contributed by atoms with van der Waals surface area (Å²) >= 11 is 3.38. The van der Waals surface area contributed by atoms with E-state index in [9.17, 15) is 14.7 Å². The fourth-order valence-corrected chi connectivity index (χ4v) is 4.22. The number of nitrogens with zero attached hydrogens (tertiary/aromatic N) is 1. The number of aliphatic hydroxyl groups excluding tert-OH is 1. The molecule has 164 valence electrons. The minimum absolute atomic E-state index is 0.0319.